The number of hydrogen-bond donors (Lipinski definition) is 0. The van der Waals surface area contributed by atoms with E-state index in [9.17, 15) is 19.7 Å². The van der Waals surface area contributed by atoms with Gasteiger partial charge in [-0.05, 0) is 24.6 Å². The summed E-state index contributed by atoms with van der Waals surface area (Å²) in [5, 5.41) is 11.2. The Morgan fingerprint density at radius 1 is 1.04 bits per heavy atom. The third kappa shape index (κ3) is 4.00. The molecule has 0 N–H and O–H groups in total. The standard InChI is InChI=1S/C19H15NO5S/c21-15-10-6-11-16(25-19(22)13-7-2-1-3-8-13)18(15)26-17-12-5-4-9-14(17)20(23)24/h1-5,7-9,12H,6,10-11H2. The number of hydrogen-bond acceptors (Lipinski definition) is 6. The van der Waals surface area contributed by atoms with Gasteiger partial charge in [0.1, 0.15) is 5.76 Å². The monoisotopic (exact) mass is 369 g/mol. The van der Waals surface area contributed by atoms with E-state index in [2.05, 4.69) is 0 Å². The van der Waals surface area contributed by atoms with Crippen LogP contribution in [0.2, 0.25) is 0 Å². The highest BCUT2D eigenvalue weighted by molar-refractivity contribution is 8.04. The van der Waals surface area contributed by atoms with Gasteiger partial charge >= 0.3 is 5.97 Å². The Morgan fingerprint density at radius 3 is 2.46 bits per heavy atom. The molecule has 3 rings (SSSR count). The zero-order valence-electron chi connectivity index (χ0n) is 13.7. The molecule has 0 amide bonds. The Bertz CT molecular complexity index is 892. The predicted octanol–water partition coefficient (Wildman–Crippen LogP) is 4.51. The Hall–Kier alpha value is -2.93. The first-order chi connectivity index (χ1) is 12.6. The molecule has 0 saturated heterocycles. The van der Waals surface area contributed by atoms with Crippen LogP contribution in [0.3, 0.4) is 0 Å². The average Bonchev–Trinajstić information content (AvgIpc) is 2.65. The van der Waals surface area contributed by atoms with E-state index >= 15 is 0 Å². The van der Waals surface area contributed by atoms with Gasteiger partial charge in [0.05, 0.1) is 20.3 Å². The number of nitrogens with zero attached hydrogens (tertiary/aromatic N) is 1. The van der Waals surface area contributed by atoms with Crippen LogP contribution in [0.15, 0.2) is 70.2 Å². The number of thioether (sulfide) groups is 1. The van der Waals surface area contributed by atoms with Gasteiger partial charge in [0.25, 0.3) is 5.69 Å². The highest BCUT2D eigenvalue weighted by atomic mass is 32.2. The van der Waals surface area contributed by atoms with Crippen molar-refractivity contribution in [2.75, 3.05) is 0 Å². The summed E-state index contributed by atoms with van der Waals surface area (Å²) in [6, 6.07) is 14.7. The number of nitro groups is 1. The molecule has 0 fully saturated rings. The fourth-order valence-corrected chi connectivity index (χ4v) is 3.64. The first-order valence-electron chi connectivity index (χ1n) is 8.01. The minimum Gasteiger partial charge on any atom is -0.426 e. The number of ether oxygens (including phenoxy) is 1. The number of carbonyl (C=O) groups excluding carboxylic acids is 2. The highest BCUT2D eigenvalue weighted by Crippen LogP contribution is 2.39. The minimum atomic E-state index is -0.545. The fourth-order valence-electron chi connectivity index (χ4n) is 2.55. The maximum atomic E-state index is 12.4. The van der Waals surface area contributed by atoms with Crippen molar-refractivity contribution in [2.45, 2.75) is 24.2 Å². The van der Waals surface area contributed by atoms with Crippen molar-refractivity contribution in [3.63, 3.8) is 0 Å². The lowest BCUT2D eigenvalue weighted by Gasteiger charge is -2.18. The predicted molar refractivity (Wildman–Crippen MR) is 96.7 cm³/mol. The van der Waals surface area contributed by atoms with Gasteiger partial charge in [-0.15, -0.1) is 0 Å². The van der Waals surface area contributed by atoms with Crippen molar-refractivity contribution in [3.05, 3.63) is 80.9 Å². The lowest BCUT2D eigenvalue weighted by molar-refractivity contribution is -0.387. The average molecular weight is 369 g/mol. The third-order valence-corrected chi connectivity index (χ3v) is 5.04. The second kappa shape index (κ2) is 7.97. The van der Waals surface area contributed by atoms with E-state index in [1.165, 1.54) is 6.07 Å². The van der Waals surface area contributed by atoms with Crippen LogP contribution in [-0.2, 0) is 9.53 Å². The number of carbonyl (C=O) groups is 2. The molecule has 0 saturated carbocycles. The van der Waals surface area contributed by atoms with E-state index in [0.29, 0.717) is 29.7 Å². The summed E-state index contributed by atoms with van der Waals surface area (Å²) >= 11 is 0.984. The highest BCUT2D eigenvalue weighted by Gasteiger charge is 2.27. The van der Waals surface area contributed by atoms with Crippen molar-refractivity contribution < 1.29 is 19.2 Å². The Balaban J connectivity index is 1.91. The molecule has 0 atom stereocenters. The van der Waals surface area contributed by atoms with Crippen molar-refractivity contribution in [2.24, 2.45) is 0 Å². The third-order valence-electron chi connectivity index (χ3n) is 3.81. The van der Waals surface area contributed by atoms with E-state index in [1.54, 1.807) is 48.5 Å². The van der Waals surface area contributed by atoms with Gasteiger partial charge in [-0.2, -0.15) is 0 Å². The van der Waals surface area contributed by atoms with E-state index in [4.69, 9.17) is 4.74 Å². The quantitative estimate of drug-likeness (QED) is 0.438. The van der Waals surface area contributed by atoms with E-state index in [-0.39, 0.29) is 22.1 Å². The lowest BCUT2D eigenvalue weighted by atomic mass is 10.0. The van der Waals surface area contributed by atoms with E-state index in [1.807, 2.05) is 0 Å². The summed E-state index contributed by atoms with van der Waals surface area (Å²) in [4.78, 5) is 36.0. The molecule has 2 aromatic carbocycles. The SMILES string of the molecule is O=C1CCCC(OC(=O)c2ccccc2)=C1Sc1ccccc1[N+](=O)[O-]. The molecule has 26 heavy (non-hydrogen) atoms. The molecular weight excluding hydrogens is 354 g/mol. The van der Waals surface area contributed by atoms with Crippen LogP contribution in [0.4, 0.5) is 5.69 Å². The molecule has 1 aliphatic rings. The maximum Gasteiger partial charge on any atom is 0.343 e. The summed E-state index contributed by atoms with van der Waals surface area (Å²) in [6.45, 7) is 0. The second-order valence-electron chi connectivity index (χ2n) is 5.61. The first-order valence-corrected chi connectivity index (χ1v) is 8.83. The number of rotatable bonds is 5. The number of benzene rings is 2. The zero-order chi connectivity index (χ0) is 18.5. The van der Waals surface area contributed by atoms with Crippen LogP contribution in [0.5, 0.6) is 0 Å². The normalized spacial score (nSPS) is 14.2. The van der Waals surface area contributed by atoms with Crippen molar-refractivity contribution in [3.8, 4) is 0 Å². The first kappa shape index (κ1) is 17.9. The Labute approximate surface area is 154 Å². The summed E-state index contributed by atoms with van der Waals surface area (Å²) in [5.74, 6) is -0.440. The van der Waals surface area contributed by atoms with Crippen LogP contribution in [0.25, 0.3) is 0 Å². The number of para-hydroxylation sites is 1. The molecule has 0 radical (unpaired) electrons. The largest absolute Gasteiger partial charge is 0.426 e. The van der Waals surface area contributed by atoms with Gasteiger partial charge < -0.3 is 4.74 Å². The zero-order valence-corrected chi connectivity index (χ0v) is 14.5. The van der Waals surface area contributed by atoms with E-state index in [0.717, 1.165) is 11.8 Å². The summed E-state index contributed by atoms with van der Waals surface area (Å²) in [5.41, 5.74) is 0.296. The smallest absolute Gasteiger partial charge is 0.343 e. The molecule has 0 aromatic heterocycles. The minimum absolute atomic E-state index is 0.0860. The van der Waals surface area contributed by atoms with Gasteiger partial charge in [0.2, 0.25) is 0 Å². The number of esters is 1. The molecule has 0 aliphatic heterocycles. The molecule has 132 valence electrons. The van der Waals surface area contributed by atoms with Crippen LogP contribution < -0.4 is 0 Å². The summed E-state index contributed by atoms with van der Waals surface area (Å²) < 4.78 is 5.46. The molecule has 0 heterocycles. The van der Waals surface area contributed by atoms with Gasteiger partial charge in [-0.3, -0.25) is 14.9 Å². The second-order valence-corrected chi connectivity index (χ2v) is 6.66. The maximum absolute atomic E-state index is 12.4. The molecule has 6 nitrogen and oxygen atoms in total. The van der Waals surface area contributed by atoms with Gasteiger partial charge in [0, 0.05) is 18.9 Å². The molecule has 2 aromatic rings. The number of nitro benzene ring substituents is 1. The van der Waals surface area contributed by atoms with Crippen LogP contribution in [-0.4, -0.2) is 16.7 Å². The van der Waals surface area contributed by atoms with Gasteiger partial charge in [-0.25, -0.2) is 4.79 Å². The topological polar surface area (TPSA) is 86.5 Å². The Morgan fingerprint density at radius 2 is 1.73 bits per heavy atom. The Kier molecular flexibility index (Phi) is 5.48. The van der Waals surface area contributed by atoms with Gasteiger partial charge in [-0.1, -0.05) is 42.1 Å². The summed E-state index contributed by atoms with van der Waals surface area (Å²) in [7, 11) is 0. The van der Waals surface area contributed by atoms with Crippen LogP contribution >= 0.6 is 11.8 Å². The van der Waals surface area contributed by atoms with E-state index < -0.39 is 10.9 Å². The molecule has 0 bridgehead atoms. The van der Waals surface area contributed by atoms with Crippen LogP contribution in [0.1, 0.15) is 29.6 Å². The lowest BCUT2D eigenvalue weighted by Crippen LogP contribution is -2.14. The van der Waals surface area contributed by atoms with Crippen LogP contribution in [0, 0.1) is 10.1 Å². The fraction of sp³-hybridized carbons (Fsp3) is 0.158. The molecule has 1 aliphatic carbocycles. The van der Waals surface area contributed by atoms with Crippen molar-refractivity contribution in [1.82, 2.24) is 0 Å². The number of allylic oxidation sites excluding steroid dienone is 2. The number of Topliss-reactive ketones (excluding diaryl/α,β-unsaturated/α-hetero) is 1. The molecular formula is C19H15NO5S. The molecule has 0 unspecified atom stereocenters. The summed E-state index contributed by atoms with van der Waals surface area (Å²) in [6.07, 6.45) is 1.35. The van der Waals surface area contributed by atoms with Crippen molar-refractivity contribution in [1.29, 1.82) is 0 Å². The van der Waals surface area contributed by atoms with Crippen molar-refractivity contribution >= 4 is 29.2 Å². The molecule has 0 spiro atoms. The number of ketones is 1. The van der Waals surface area contributed by atoms with Gasteiger partial charge in [0.15, 0.2) is 5.78 Å². The molecule has 7 heteroatoms.